The minimum atomic E-state index is -0.373. The first kappa shape index (κ1) is 12.6. The lowest BCUT2D eigenvalue weighted by Gasteiger charge is -2.13. The Morgan fingerprint density at radius 2 is 2.00 bits per heavy atom. The van der Waals surface area contributed by atoms with E-state index in [1.54, 1.807) is 12.1 Å². The fourth-order valence-corrected chi connectivity index (χ4v) is 1.60. The molecule has 0 amide bonds. The van der Waals surface area contributed by atoms with Gasteiger partial charge in [0.2, 0.25) is 0 Å². The van der Waals surface area contributed by atoms with Gasteiger partial charge in [-0.15, -0.1) is 0 Å². The highest BCUT2D eigenvalue weighted by atomic mass is 35.5. The third-order valence-electron chi connectivity index (χ3n) is 2.30. The van der Waals surface area contributed by atoms with Gasteiger partial charge >= 0.3 is 0 Å². The third kappa shape index (κ3) is 2.87. The zero-order valence-electron chi connectivity index (χ0n) is 9.98. The summed E-state index contributed by atoms with van der Waals surface area (Å²) in [6, 6.07) is 5.93. The largest absolute Gasteiger partial charge is 0.363 e. The molecule has 0 saturated carbocycles. The minimum absolute atomic E-state index is 0.306. The molecule has 94 valence electrons. The fraction of sp³-hybridized carbons (Fsp3) is 0.167. The Balaban J connectivity index is 2.25. The van der Waals surface area contributed by atoms with E-state index in [4.69, 9.17) is 11.6 Å². The number of nitrogens with zero attached hydrogens (tertiary/aromatic N) is 3. The number of anilines is 3. The molecule has 1 aromatic heterocycles. The van der Waals surface area contributed by atoms with Crippen molar-refractivity contribution < 1.29 is 4.39 Å². The summed E-state index contributed by atoms with van der Waals surface area (Å²) >= 11 is 5.93. The van der Waals surface area contributed by atoms with Crippen LogP contribution in [0.5, 0.6) is 0 Å². The standard InChI is InChI=1S/C12H12ClFN4/c1-18(2)12-6-11(15-7-16-12)17-10-4-3-8(14)5-9(10)13/h3-7H,1-2H3,(H,15,16,17). The van der Waals surface area contributed by atoms with Gasteiger partial charge in [-0.2, -0.15) is 0 Å². The first-order valence-corrected chi connectivity index (χ1v) is 5.65. The van der Waals surface area contributed by atoms with E-state index in [9.17, 15) is 4.39 Å². The van der Waals surface area contributed by atoms with E-state index in [1.165, 1.54) is 18.5 Å². The molecule has 0 unspecified atom stereocenters. The molecule has 0 radical (unpaired) electrons. The number of hydrogen-bond donors (Lipinski definition) is 1. The average molecular weight is 267 g/mol. The number of hydrogen-bond acceptors (Lipinski definition) is 4. The molecule has 1 N–H and O–H groups in total. The monoisotopic (exact) mass is 266 g/mol. The predicted molar refractivity (Wildman–Crippen MR) is 71.1 cm³/mol. The zero-order chi connectivity index (χ0) is 13.1. The van der Waals surface area contributed by atoms with Crippen molar-refractivity contribution in [3.63, 3.8) is 0 Å². The molecule has 18 heavy (non-hydrogen) atoms. The molecule has 0 aliphatic heterocycles. The topological polar surface area (TPSA) is 41.0 Å². The first-order chi connectivity index (χ1) is 8.56. The van der Waals surface area contributed by atoms with Gasteiger partial charge in [0.05, 0.1) is 10.7 Å². The van der Waals surface area contributed by atoms with Crippen molar-refractivity contribution >= 4 is 28.9 Å². The summed E-state index contributed by atoms with van der Waals surface area (Å²) in [6.45, 7) is 0. The summed E-state index contributed by atoms with van der Waals surface area (Å²) in [6.07, 6.45) is 1.45. The van der Waals surface area contributed by atoms with Crippen LogP contribution in [0.3, 0.4) is 0 Å². The van der Waals surface area contributed by atoms with Gasteiger partial charge < -0.3 is 10.2 Å². The van der Waals surface area contributed by atoms with Gasteiger partial charge in [0, 0.05) is 20.2 Å². The Morgan fingerprint density at radius 1 is 1.22 bits per heavy atom. The summed E-state index contributed by atoms with van der Waals surface area (Å²) in [5.74, 6) is 0.996. The average Bonchev–Trinajstić information content (AvgIpc) is 2.33. The van der Waals surface area contributed by atoms with Crippen molar-refractivity contribution in [2.45, 2.75) is 0 Å². The van der Waals surface area contributed by atoms with Crippen LogP contribution in [0.2, 0.25) is 5.02 Å². The second-order valence-electron chi connectivity index (χ2n) is 3.91. The molecule has 0 spiro atoms. The molecule has 4 nitrogen and oxygen atoms in total. The maximum atomic E-state index is 12.9. The van der Waals surface area contributed by atoms with Crippen LogP contribution in [0, 0.1) is 5.82 Å². The molecular weight excluding hydrogens is 255 g/mol. The van der Waals surface area contributed by atoms with E-state index in [0.29, 0.717) is 16.5 Å². The maximum absolute atomic E-state index is 12.9. The Kier molecular flexibility index (Phi) is 3.62. The summed E-state index contributed by atoms with van der Waals surface area (Å²) < 4.78 is 12.9. The van der Waals surface area contributed by atoms with Crippen LogP contribution >= 0.6 is 11.6 Å². The van der Waals surface area contributed by atoms with Crippen molar-refractivity contribution in [1.82, 2.24) is 9.97 Å². The Morgan fingerprint density at radius 3 is 2.67 bits per heavy atom. The highest BCUT2D eigenvalue weighted by molar-refractivity contribution is 6.33. The van der Waals surface area contributed by atoms with Gasteiger partial charge in [0.25, 0.3) is 0 Å². The molecule has 0 aliphatic rings. The molecule has 6 heteroatoms. The number of aromatic nitrogens is 2. The zero-order valence-corrected chi connectivity index (χ0v) is 10.7. The van der Waals surface area contributed by atoms with Crippen LogP contribution in [0.25, 0.3) is 0 Å². The third-order valence-corrected chi connectivity index (χ3v) is 2.62. The van der Waals surface area contributed by atoms with Crippen molar-refractivity contribution in [2.24, 2.45) is 0 Å². The molecule has 0 atom stereocenters. The van der Waals surface area contributed by atoms with Crippen LogP contribution < -0.4 is 10.2 Å². The summed E-state index contributed by atoms with van der Waals surface area (Å²) in [5, 5.41) is 3.32. The Hall–Kier alpha value is -1.88. The lowest BCUT2D eigenvalue weighted by atomic mass is 10.3. The molecule has 0 aliphatic carbocycles. The molecule has 2 aromatic rings. The molecule has 0 bridgehead atoms. The van der Waals surface area contributed by atoms with Crippen molar-refractivity contribution in [3.05, 3.63) is 41.4 Å². The summed E-state index contributed by atoms with van der Waals surface area (Å²) in [7, 11) is 3.77. The van der Waals surface area contributed by atoms with E-state index in [0.717, 1.165) is 5.82 Å². The van der Waals surface area contributed by atoms with Gasteiger partial charge in [-0.05, 0) is 18.2 Å². The van der Waals surface area contributed by atoms with Crippen LogP contribution in [0.1, 0.15) is 0 Å². The van der Waals surface area contributed by atoms with Crippen molar-refractivity contribution in [1.29, 1.82) is 0 Å². The van der Waals surface area contributed by atoms with Crippen molar-refractivity contribution in [2.75, 3.05) is 24.3 Å². The van der Waals surface area contributed by atoms with Crippen molar-refractivity contribution in [3.8, 4) is 0 Å². The number of halogens is 2. The molecule has 0 fully saturated rings. The molecule has 0 saturated heterocycles. The minimum Gasteiger partial charge on any atom is -0.363 e. The quantitative estimate of drug-likeness (QED) is 0.927. The number of benzene rings is 1. The van der Waals surface area contributed by atoms with Crippen LogP contribution in [0.4, 0.5) is 21.7 Å². The highest BCUT2D eigenvalue weighted by Gasteiger charge is 2.05. The molecular formula is C12H12ClFN4. The van der Waals surface area contributed by atoms with E-state index in [2.05, 4.69) is 15.3 Å². The van der Waals surface area contributed by atoms with E-state index < -0.39 is 0 Å². The second kappa shape index (κ2) is 5.18. The van der Waals surface area contributed by atoms with Gasteiger partial charge in [-0.25, -0.2) is 14.4 Å². The fourth-order valence-electron chi connectivity index (χ4n) is 1.39. The molecule has 1 heterocycles. The number of rotatable bonds is 3. The maximum Gasteiger partial charge on any atom is 0.135 e. The molecule has 2 rings (SSSR count). The second-order valence-corrected chi connectivity index (χ2v) is 4.31. The van der Waals surface area contributed by atoms with Crippen LogP contribution in [0.15, 0.2) is 30.6 Å². The lowest BCUT2D eigenvalue weighted by Crippen LogP contribution is -2.11. The first-order valence-electron chi connectivity index (χ1n) is 5.27. The van der Waals surface area contributed by atoms with Gasteiger partial charge in [0.15, 0.2) is 0 Å². The SMILES string of the molecule is CN(C)c1cc(Nc2ccc(F)cc2Cl)ncn1. The highest BCUT2D eigenvalue weighted by Crippen LogP contribution is 2.25. The van der Waals surface area contributed by atoms with Gasteiger partial charge in [-0.1, -0.05) is 11.6 Å². The Labute approximate surface area is 109 Å². The van der Waals surface area contributed by atoms with E-state index >= 15 is 0 Å². The van der Waals surface area contributed by atoms with Crippen LogP contribution in [-0.2, 0) is 0 Å². The smallest absolute Gasteiger partial charge is 0.135 e. The van der Waals surface area contributed by atoms with Crippen LogP contribution in [-0.4, -0.2) is 24.1 Å². The molecule has 1 aromatic carbocycles. The van der Waals surface area contributed by atoms with Gasteiger partial charge in [0.1, 0.15) is 23.8 Å². The Bertz CT molecular complexity index is 560. The normalized spacial score (nSPS) is 10.2. The number of nitrogens with one attached hydrogen (secondary N) is 1. The summed E-state index contributed by atoms with van der Waals surface area (Å²) in [4.78, 5) is 10.0. The van der Waals surface area contributed by atoms with E-state index in [-0.39, 0.29) is 5.82 Å². The lowest BCUT2D eigenvalue weighted by molar-refractivity contribution is 0.628. The summed E-state index contributed by atoms with van der Waals surface area (Å²) in [5.41, 5.74) is 0.599. The predicted octanol–water partition coefficient (Wildman–Crippen LogP) is 3.08. The van der Waals surface area contributed by atoms with Gasteiger partial charge in [-0.3, -0.25) is 0 Å². The van der Waals surface area contributed by atoms with E-state index in [1.807, 2.05) is 19.0 Å².